The van der Waals surface area contributed by atoms with Gasteiger partial charge in [0, 0.05) is 18.5 Å². The summed E-state index contributed by atoms with van der Waals surface area (Å²) in [6.07, 6.45) is 3.22. The molecule has 0 aliphatic carbocycles. The van der Waals surface area contributed by atoms with E-state index in [0.717, 1.165) is 0 Å². The molecule has 1 aromatic carbocycles. The van der Waals surface area contributed by atoms with Crippen LogP contribution in [-0.2, 0) is 0 Å². The van der Waals surface area contributed by atoms with Gasteiger partial charge < -0.3 is 15.0 Å². The van der Waals surface area contributed by atoms with Crippen molar-refractivity contribution in [2.45, 2.75) is 13.0 Å². The third-order valence-electron chi connectivity index (χ3n) is 2.92. The second-order valence-corrected chi connectivity index (χ2v) is 4.28. The van der Waals surface area contributed by atoms with E-state index in [9.17, 15) is 14.9 Å². The molecule has 2 N–H and O–H groups in total. The van der Waals surface area contributed by atoms with Gasteiger partial charge in [-0.15, -0.1) is 0 Å². The molecule has 0 spiro atoms. The lowest BCUT2D eigenvalue weighted by atomic mass is 10.1. The SMILES string of the molecule is COc1c(C(=O)NC(C)c2ncc[nH]2)cccc1[N+](=O)[O-]. The van der Waals surface area contributed by atoms with Gasteiger partial charge in [-0.05, 0) is 13.0 Å². The molecule has 110 valence electrons. The number of nitro groups is 1. The van der Waals surface area contributed by atoms with E-state index in [1.807, 2.05) is 0 Å². The van der Waals surface area contributed by atoms with Gasteiger partial charge in [-0.1, -0.05) is 6.07 Å². The van der Waals surface area contributed by atoms with E-state index in [-0.39, 0.29) is 23.0 Å². The molecule has 8 heteroatoms. The zero-order valence-electron chi connectivity index (χ0n) is 11.5. The van der Waals surface area contributed by atoms with Gasteiger partial charge in [0.2, 0.25) is 5.75 Å². The number of hydrogen-bond acceptors (Lipinski definition) is 5. The minimum Gasteiger partial charge on any atom is -0.490 e. The number of amides is 1. The lowest BCUT2D eigenvalue weighted by molar-refractivity contribution is -0.385. The van der Waals surface area contributed by atoms with Crippen LogP contribution in [0.3, 0.4) is 0 Å². The predicted molar refractivity (Wildman–Crippen MR) is 74.1 cm³/mol. The van der Waals surface area contributed by atoms with Crippen LogP contribution in [0, 0.1) is 10.1 Å². The molecule has 8 nitrogen and oxygen atoms in total. The number of hydrogen-bond donors (Lipinski definition) is 2. The maximum Gasteiger partial charge on any atom is 0.311 e. The fourth-order valence-electron chi connectivity index (χ4n) is 1.92. The second-order valence-electron chi connectivity index (χ2n) is 4.28. The third-order valence-corrected chi connectivity index (χ3v) is 2.92. The first-order valence-corrected chi connectivity index (χ1v) is 6.16. The smallest absolute Gasteiger partial charge is 0.311 e. The molecule has 0 saturated carbocycles. The van der Waals surface area contributed by atoms with Crippen LogP contribution in [0.4, 0.5) is 5.69 Å². The van der Waals surface area contributed by atoms with Crippen LogP contribution in [0.1, 0.15) is 29.1 Å². The van der Waals surface area contributed by atoms with E-state index in [1.165, 1.54) is 25.3 Å². The normalized spacial score (nSPS) is 11.7. The van der Waals surface area contributed by atoms with Gasteiger partial charge in [-0.25, -0.2) is 4.98 Å². The summed E-state index contributed by atoms with van der Waals surface area (Å²) in [6, 6.07) is 3.82. The van der Waals surface area contributed by atoms with E-state index in [2.05, 4.69) is 15.3 Å². The van der Waals surface area contributed by atoms with Crippen molar-refractivity contribution in [3.05, 3.63) is 52.1 Å². The Morgan fingerprint density at radius 2 is 2.29 bits per heavy atom. The highest BCUT2D eigenvalue weighted by molar-refractivity contribution is 5.98. The predicted octanol–water partition coefficient (Wildman–Crippen LogP) is 1.82. The summed E-state index contributed by atoms with van der Waals surface area (Å²) in [4.78, 5) is 29.5. The number of aromatic nitrogens is 2. The fourth-order valence-corrected chi connectivity index (χ4v) is 1.92. The number of carbonyl (C=O) groups is 1. The molecule has 2 aromatic rings. The highest BCUT2D eigenvalue weighted by Crippen LogP contribution is 2.30. The maximum atomic E-state index is 12.2. The lowest BCUT2D eigenvalue weighted by Gasteiger charge is -2.13. The highest BCUT2D eigenvalue weighted by atomic mass is 16.6. The average molecular weight is 290 g/mol. The summed E-state index contributed by atoms with van der Waals surface area (Å²) in [5.74, 6) is 0.0545. The summed E-state index contributed by atoms with van der Waals surface area (Å²) >= 11 is 0. The van der Waals surface area contributed by atoms with E-state index in [1.54, 1.807) is 19.3 Å². The Kier molecular flexibility index (Phi) is 4.17. The zero-order chi connectivity index (χ0) is 15.4. The number of aromatic amines is 1. The Balaban J connectivity index is 2.27. The van der Waals surface area contributed by atoms with Crippen molar-refractivity contribution in [2.24, 2.45) is 0 Å². The van der Waals surface area contributed by atoms with Crippen LogP contribution < -0.4 is 10.1 Å². The van der Waals surface area contributed by atoms with E-state index in [0.29, 0.717) is 5.82 Å². The van der Waals surface area contributed by atoms with Crippen LogP contribution in [-0.4, -0.2) is 27.9 Å². The molecule has 0 saturated heterocycles. The standard InChI is InChI=1S/C13H14N4O4/c1-8(12-14-6-7-15-12)16-13(18)9-4-3-5-10(17(19)20)11(9)21-2/h3-8H,1-2H3,(H,14,15)(H,16,18). The molecule has 1 heterocycles. The summed E-state index contributed by atoms with van der Waals surface area (Å²) in [7, 11) is 1.29. The summed E-state index contributed by atoms with van der Waals surface area (Å²) in [6.45, 7) is 1.75. The van der Waals surface area contributed by atoms with Crippen molar-refractivity contribution in [3.63, 3.8) is 0 Å². The number of benzene rings is 1. The number of carbonyl (C=O) groups excluding carboxylic acids is 1. The van der Waals surface area contributed by atoms with E-state index in [4.69, 9.17) is 4.74 Å². The van der Waals surface area contributed by atoms with Gasteiger partial charge in [0.1, 0.15) is 5.82 Å². The van der Waals surface area contributed by atoms with Crippen molar-refractivity contribution in [3.8, 4) is 5.75 Å². The number of H-pyrrole nitrogens is 1. The second kappa shape index (κ2) is 6.04. The average Bonchev–Trinajstić information content (AvgIpc) is 3.00. The highest BCUT2D eigenvalue weighted by Gasteiger charge is 2.23. The summed E-state index contributed by atoms with van der Waals surface area (Å²) in [5, 5.41) is 13.6. The van der Waals surface area contributed by atoms with Crippen LogP contribution >= 0.6 is 0 Å². The first-order chi connectivity index (χ1) is 10.0. The Morgan fingerprint density at radius 3 is 2.86 bits per heavy atom. The van der Waals surface area contributed by atoms with E-state index >= 15 is 0 Å². The lowest BCUT2D eigenvalue weighted by Crippen LogP contribution is -2.27. The number of para-hydroxylation sites is 1. The van der Waals surface area contributed by atoms with Crippen molar-refractivity contribution in [1.82, 2.24) is 15.3 Å². The number of ether oxygens (including phenoxy) is 1. The van der Waals surface area contributed by atoms with Gasteiger partial charge in [0.05, 0.1) is 23.6 Å². The number of nitro benzene ring substituents is 1. The van der Waals surface area contributed by atoms with Gasteiger partial charge >= 0.3 is 5.69 Å². The van der Waals surface area contributed by atoms with E-state index < -0.39 is 10.8 Å². The molecule has 1 atom stereocenters. The number of methoxy groups -OCH3 is 1. The molecule has 1 unspecified atom stereocenters. The molecule has 0 fully saturated rings. The Bertz CT molecular complexity index is 654. The Hall–Kier alpha value is -2.90. The number of nitrogens with one attached hydrogen (secondary N) is 2. The monoisotopic (exact) mass is 290 g/mol. The Morgan fingerprint density at radius 1 is 1.52 bits per heavy atom. The topological polar surface area (TPSA) is 110 Å². The molecule has 0 bridgehead atoms. The maximum absolute atomic E-state index is 12.2. The van der Waals surface area contributed by atoms with Crippen molar-refractivity contribution in [2.75, 3.05) is 7.11 Å². The fraction of sp³-hybridized carbons (Fsp3) is 0.231. The summed E-state index contributed by atoms with van der Waals surface area (Å²) in [5.41, 5.74) is -0.152. The summed E-state index contributed by atoms with van der Waals surface area (Å²) < 4.78 is 5.01. The molecular formula is C13H14N4O4. The quantitative estimate of drug-likeness (QED) is 0.644. The molecule has 0 radical (unpaired) electrons. The first-order valence-electron chi connectivity index (χ1n) is 6.16. The zero-order valence-corrected chi connectivity index (χ0v) is 11.5. The van der Waals surface area contributed by atoms with Crippen molar-refractivity contribution < 1.29 is 14.5 Å². The van der Waals surface area contributed by atoms with Crippen LogP contribution in [0.5, 0.6) is 5.75 Å². The van der Waals surface area contributed by atoms with Crippen LogP contribution in [0.15, 0.2) is 30.6 Å². The van der Waals surface area contributed by atoms with Gasteiger partial charge in [-0.2, -0.15) is 0 Å². The molecule has 21 heavy (non-hydrogen) atoms. The van der Waals surface area contributed by atoms with Crippen molar-refractivity contribution >= 4 is 11.6 Å². The Labute approximate surface area is 120 Å². The minimum absolute atomic E-state index is 0.0633. The third kappa shape index (κ3) is 2.99. The molecular weight excluding hydrogens is 276 g/mol. The molecule has 1 amide bonds. The molecule has 0 aliphatic rings. The molecule has 1 aromatic heterocycles. The molecule has 2 rings (SSSR count). The van der Waals surface area contributed by atoms with Gasteiger partial charge in [0.15, 0.2) is 0 Å². The number of rotatable bonds is 5. The van der Waals surface area contributed by atoms with Crippen molar-refractivity contribution in [1.29, 1.82) is 0 Å². The van der Waals surface area contributed by atoms with Gasteiger partial charge in [-0.3, -0.25) is 14.9 Å². The van der Waals surface area contributed by atoms with Crippen LogP contribution in [0.2, 0.25) is 0 Å². The molecule has 0 aliphatic heterocycles. The largest absolute Gasteiger partial charge is 0.490 e. The van der Waals surface area contributed by atoms with Gasteiger partial charge in [0.25, 0.3) is 5.91 Å². The number of nitrogens with zero attached hydrogens (tertiary/aromatic N) is 2. The van der Waals surface area contributed by atoms with Crippen LogP contribution in [0.25, 0.3) is 0 Å². The first kappa shape index (κ1) is 14.5. The number of imidazole rings is 1. The minimum atomic E-state index is -0.592.